The minimum atomic E-state index is 0. The van der Waals surface area contributed by atoms with Crippen molar-refractivity contribution >= 4 is 0 Å². The van der Waals surface area contributed by atoms with E-state index in [4.69, 9.17) is 9.47 Å². The van der Waals surface area contributed by atoms with Gasteiger partial charge in [-0.05, 0) is 26.7 Å². The third-order valence-corrected chi connectivity index (χ3v) is 3.75. The van der Waals surface area contributed by atoms with Crippen molar-refractivity contribution in [3.05, 3.63) is 72.3 Å². The van der Waals surface area contributed by atoms with Gasteiger partial charge in [-0.15, -0.1) is 35.4 Å². The van der Waals surface area contributed by atoms with Crippen molar-refractivity contribution < 1.29 is 26.5 Å². The van der Waals surface area contributed by atoms with Crippen molar-refractivity contribution in [3.63, 3.8) is 0 Å². The van der Waals surface area contributed by atoms with Gasteiger partial charge in [0.2, 0.25) is 0 Å². The Hall–Kier alpha value is -2.00. The van der Waals surface area contributed by atoms with Crippen LogP contribution in [0.15, 0.2) is 66.7 Å². The average Bonchev–Trinajstić information content (AvgIpc) is 3.28. The fourth-order valence-corrected chi connectivity index (χ4v) is 2.68. The third kappa shape index (κ3) is 5.50. The summed E-state index contributed by atoms with van der Waals surface area (Å²) in [5.41, 5.74) is 3.73. The van der Waals surface area contributed by atoms with Gasteiger partial charge in [-0.1, -0.05) is 11.6 Å². The normalized spacial score (nSPS) is 12.1. The third-order valence-electron chi connectivity index (χ3n) is 3.75. The minimum Gasteiger partial charge on any atom is -0.494 e. The first-order valence-corrected chi connectivity index (χ1v) is 8.19. The molecule has 1 aliphatic heterocycles. The summed E-state index contributed by atoms with van der Waals surface area (Å²) in [6, 6.07) is 22.7. The Bertz CT molecular complexity index is 730. The Kier molecular flexibility index (Phi) is 7.32. The second-order valence-corrected chi connectivity index (χ2v) is 6.07. The Morgan fingerprint density at radius 2 is 1.76 bits per heavy atom. The number of benzene rings is 1. The molecular formula is C21H23FeNO2. The number of hydrogen-bond acceptors (Lipinski definition) is 3. The number of nitrogens with zero attached hydrogens (tertiary/aromatic N) is 1. The first-order valence-electron chi connectivity index (χ1n) is 8.19. The molecule has 4 rings (SSSR count). The van der Waals surface area contributed by atoms with Gasteiger partial charge in [0, 0.05) is 0 Å². The number of rotatable bonds is 3. The molecule has 0 saturated carbocycles. The van der Waals surface area contributed by atoms with E-state index in [-0.39, 0.29) is 17.1 Å². The molecule has 0 atom stereocenters. The fraction of sp³-hybridized carbons (Fsp3) is 0.238. The number of hydrogen-bond donors (Lipinski definition) is 0. The number of ether oxygens (including phenoxy) is 2. The molecule has 3 nitrogen and oxygen atoms in total. The summed E-state index contributed by atoms with van der Waals surface area (Å²) in [5, 5.41) is 0. The zero-order valence-electron chi connectivity index (χ0n) is 14.6. The van der Waals surface area contributed by atoms with E-state index in [2.05, 4.69) is 49.3 Å². The van der Waals surface area contributed by atoms with Crippen molar-refractivity contribution in [2.24, 2.45) is 0 Å². The molecule has 0 unspecified atom stereocenters. The van der Waals surface area contributed by atoms with E-state index in [9.17, 15) is 0 Å². The average molecular weight is 377 g/mol. The predicted molar refractivity (Wildman–Crippen MR) is 97.9 cm³/mol. The van der Waals surface area contributed by atoms with Gasteiger partial charge < -0.3 is 14.4 Å². The fourth-order valence-electron chi connectivity index (χ4n) is 2.68. The topological polar surface area (TPSA) is 21.7 Å². The van der Waals surface area contributed by atoms with Gasteiger partial charge in [0.05, 0.1) is 0 Å². The summed E-state index contributed by atoms with van der Waals surface area (Å²) in [6.07, 6.45) is 0. The van der Waals surface area contributed by atoms with Gasteiger partial charge in [-0.3, -0.25) is 0 Å². The molecule has 3 aromatic rings. The van der Waals surface area contributed by atoms with E-state index < -0.39 is 0 Å². The van der Waals surface area contributed by atoms with Gasteiger partial charge >= 0.3 is 17.1 Å². The van der Waals surface area contributed by atoms with Crippen molar-refractivity contribution in [2.75, 3.05) is 27.3 Å². The van der Waals surface area contributed by atoms with Crippen LogP contribution in [0.25, 0.3) is 11.1 Å². The second-order valence-electron chi connectivity index (χ2n) is 6.07. The van der Waals surface area contributed by atoms with Crippen LogP contribution in [-0.4, -0.2) is 32.2 Å². The Morgan fingerprint density at radius 1 is 1.04 bits per heavy atom. The van der Waals surface area contributed by atoms with Crippen LogP contribution >= 0.6 is 0 Å². The molecule has 3 aromatic carbocycles. The summed E-state index contributed by atoms with van der Waals surface area (Å²) in [6.45, 7) is 2.23. The maximum Gasteiger partial charge on any atom is 2.00 e. The van der Waals surface area contributed by atoms with E-state index in [1.165, 1.54) is 16.7 Å². The summed E-state index contributed by atoms with van der Waals surface area (Å²) >= 11 is 0. The maximum atomic E-state index is 5.62. The molecule has 132 valence electrons. The molecule has 1 heterocycles. The van der Waals surface area contributed by atoms with Gasteiger partial charge in [0.25, 0.3) is 0 Å². The van der Waals surface area contributed by atoms with Crippen molar-refractivity contribution in [3.8, 4) is 22.6 Å². The van der Waals surface area contributed by atoms with E-state index in [1.807, 2.05) is 36.4 Å². The summed E-state index contributed by atoms with van der Waals surface area (Å²) in [5.74, 6) is 1.69. The van der Waals surface area contributed by atoms with Crippen molar-refractivity contribution in [1.29, 1.82) is 0 Å². The van der Waals surface area contributed by atoms with E-state index in [1.54, 1.807) is 0 Å². The minimum absolute atomic E-state index is 0. The summed E-state index contributed by atoms with van der Waals surface area (Å²) < 4.78 is 11.2. The van der Waals surface area contributed by atoms with Crippen LogP contribution in [-0.2, 0) is 23.6 Å². The Morgan fingerprint density at radius 3 is 2.40 bits per heavy atom. The first-order chi connectivity index (χ1) is 11.7. The van der Waals surface area contributed by atoms with Crippen molar-refractivity contribution in [1.82, 2.24) is 4.90 Å². The smallest absolute Gasteiger partial charge is 0.494 e. The quantitative estimate of drug-likeness (QED) is 0.502. The Balaban J connectivity index is 0.000000325. The van der Waals surface area contributed by atoms with E-state index in [0.717, 1.165) is 18.0 Å². The van der Waals surface area contributed by atoms with E-state index in [0.29, 0.717) is 13.2 Å². The molecule has 0 amide bonds. The van der Waals surface area contributed by atoms with Gasteiger partial charge in [-0.2, -0.15) is 18.2 Å². The van der Waals surface area contributed by atoms with Crippen LogP contribution in [0.1, 0.15) is 5.56 Å². The Labute approximate surface area is 160 Å². The van der Waals surface area contributed by atoms with Crippen LogP contribution in [0.3, 0.4) is 0 Å². The standard InChI is InChI=1S/C16H18NO2.C5H5.Fe/c1-17(2)11-12-3-4-13(9-12)14-5-6-15-16(10-14)19-8-7-18-15;1-2-4-5-3-1;/h3-6,9-10H,7-8,11H2,1-2H3;1-5H;/q2*-1;+2. The van der Waals surface area contributed by atoms with Gasteiger partial charge in [-0.25, -0.2) is 12.1 Å². The van der Waals surface area contributed by atoms with Crippen LogP contribution in [0.2, 0.25) is 0 Å². The predicted octanol–water partition coefficient (Wildman–Crippen LogP) is 4.31. The molecular weight excluding hydrogens is 354 g/mol. The van der Waals surface area contributed by atoms with E-state index >= 15 is 0 Å². The molecule has 0 spiro atoms. The molecule has 0 aromatic heterocycles. The second kappa shape index (κ2) is 9.47. The molecule has 0 radical (unpaired) electrons. The molecule has 0 aliphatic carbocycles. The van der Waals surface area contributed by atoms with Crippen LogP contribution in [0, 0.1) is 0 Å². The molecule has 0 bridgehead atoms. The van der Waals surface area contributed by atoms with Crippen LogP contribution in [0.4, 0.5) is 0 Å². The van der Waals surface area contributed by atoms with Crippen LogP contribution < -0.4 is 9.47 Å². The molecule has 0 fully saturated rings. The zero-order valence-corrected chi connectivity index (χ0v) is 15.7. The molecule has 1 aliphatic rings. The van der Waals surface area contributed by atoms with Crippen molar-refractivity contribution in [2.45, 2.75) is 6.54 Å². The van der Waals surface area contributed by atoms with Gasteiger partial charge in [0.1, 0.15) is 24.7 Å². The largest absolute Gasteiger partial charge is 2.00 e. The summed E-state index contributed by atoms with van der Waals surface area (Å²) in [7, 11) is 4.16. The molecule has 25 heavy (non-hydrogen) atoms. The maximum absolute atomic E-state index is 5.62. The number of fused-ring (bicyclic) bond motifs is 1. The SMILES string of the molecule is CN(C)Cc1cc[c-](-c2ccc3c(c2)OCCO3)c1.[Fe+2].c1cc[cH-]c1. The molecule has 0 N–H and O–H groups in total. The molecule has 0 saturated heterocycles. The monoisotopic (exact) mass is 377 g/mol. The van der Waals surface area contributed by atoms with Crippen LogP contribution in [0.5, 0.6) is 11.5 Å². The summed E-state index contributed by atoms with van der Waals surface area (Å²) in [4.78, 5) is 2.17. The zero-order chi connectivity index (χ0) is 16.8. The first kappa shape index (κ1) is 19.3. The van der Waals surface area contributed by atoms with Gasteiger partial charge in [0.15, 0.2) is 0 Å². The molecule has 4 heteroatoms.